The van der Waals surface area contributed by atoms with E-state index < -0.39 is 7.12 Å². The molecule has 1 aliphatic rings. The van der Waals surface area contributed by atoms with E-state index >= 15 is 0 Å². The highest BCUT2D eigenvalue weighted by Gasteiger charge is 2.52. The number of hydrogen-bond acceptors (Lipinski definition) is 3. The van der Waals surface area contributed by atoms with Crippen molar-refractivity contribution in [2.45, 2.75) is 65.7 Å². The summed E-state index contributed by atoms with van der Waals surface area (Å²) in [5.74, 6) is -0.0640. The Labute approximate surface area is 133 Å². The molecule has 1 fully saturated rings. The molecule has 0 unspecified atom stereocenters. The van der Waals surface area contributed by atoms with Gasteiger partial charge in [0.2, 0.25) is 0 Å². The van der Waals surface area contributed by atoms with Crippen molar-refractivity contribution in [2.75, 3.05) is 0 Å². The molecule has 0 radical (unpaired) electrons. The van der Waals surface area contributed by atoms with E-state index in [1.54, 1.807) is 0 Å². The first-order valence-corrected chi connectivity index (χ1v) is 7.81. The van der Waals surface area contributed by atoms with Crippen LogP contribution >= 0.6 is 0 Å². The summed E-state index contributed by atoms with van der Waals surface area (Å²) in [6.45, 7) is 13.9. The SMILES string of the molecule is Cc1c(B2OC(C)(C)C(C)(C)O2)cccc1C(=O)NC(C)C. The third-order valence-corrected chi connectivity index (χ3v) is 4.55. The number of benzene rings is 1. The molecule has 2 rings (SSSR count). The van der Waals surface area contributed by atoms with Crippen LogP contribution in [0.15, 0.2) is 18.2 Å². The first-order chi connectivity index (χ1) is 10.0. The van der Waals surface area contributed by atoms with Gasteiger partial charge in [0.25, 0.3) is 5.91 Å². The molecule has 1 N–H and O–H groups in total. The summed E-state index contributed by atoms with van der Waals surface area (Å²) in [6, 6.07) is 5.78. The van der Waals surface area contributed by atoms with Gasteiger partial charge in [-0.05, 0) is 65.6 Å². The molecule has 0 spiro atoms. The van der Waals surface area contributed by atoms with Crippen molar-refractivity contribution in [3.05, 3.63) is 29.3 Å². The van der Waals surface area contributed by atoms with Gasteiger partial charge in [0.1, 0.15) is 0 Å². The van der Waals surface area contributed by atoms with Gasteiger partial charge >= 0.3 is 7.12 Å². The molecular formula is C17H26BNO3. The average Bonchev–Trinajstić information content (AvgIpc) is 2.57. The van der Waals surface area contributed by atoms with Crippen molar-refractivity contribution >= 4 is 18.5 Å². The lowest BCUT2D eigenvalue weighted by molar-refractivity contribution is 0.00578. The fourth-order valence-electron chi connectivity index (χ4n) is 2.46. The Balaban J connectivity index is 2.33. The van der Waals surface area contributed by atoms with E-state index in [-0.39, 0.29) is 23.2 Å². The Kier molecular flexibility index (Phi) is 4.42. The number of nitrogens with one attached hydrogen (secondary N) is 1. The lowest BCUT2D eigenvalue weighted by atomic mass is 9.75. The average molecular weight is 303 g/mol. The molecule has 0 aromatic heterocycles. The number of rotatable bonds is 3. The van der Waals surface area contributed by atoms with Crippen LogP contribution in [0.4, 0.5) is 0 Å². The number of hydrogen-bond donors (Lipinski definition) is 1. The van der Waals surface area contributed by atoms with Crippen LogP contribution in [0.5, 0.6) is 0 Å². The molecule has 1 heterocycles. The van der Waals surface area contributed by atoms with E-state index in [9.17, 15) is 4.79 Å². The van der Waals surface area contributed by atoms with E-state index in [2.05, 4.69) is 5.32 Å². The van der Waals surface area contributed by atoms with E-state index in [1.165, 1.54) is 0 Å². The Bertz CT molecular complexity index is 565. The summed E-state index contributed by atoms with van der Waals surface area (Å²) in [5, 5.41) is 2.93. The minimum absolute atomic E-state index is 0.0640. The second kappa shape index (κ2) is 5.71. The summed E-state index contributed by atoms with van der Waals surface area (Å²) >= 11 is 0. The fourth-order valence-corrected chi connectivity index (χ4v) is 2.46. The van der Waals surface area contributed by atoms with Crippen LogP contribution in [0, 0.1) is 6.92 Å². The van der Waals surface area contributed by atoms with Gasteiger partial charge in [-0.15, -0.1) is 0 Å². The van der Waals surface area contributed by atoms with Gasteiger partial charge in [0.15, 0.2) is 0 Å². The van der Waals surface area contributed by atoms with Gasteiger partial charge in [-0.2, -0.15) is 0 Å². The predicted octanol–water partition coefficient (Wildman–Crippen LogP) is 2.43. The first kappa shape index (κ1) is 17.0. The van der Waals surface area contributed by atoms with Crippen LogP contribution in [0.1, 0.15) is 57.5 Å². The van der Waals surface area contributed by atoms with Crippen molar-refractivity contribution in [2.24, 2.45) is 0 Å². The topological polar surface area (TPSA) is 47.6 Å². The summed E-state index contributed by atoms with van der Waals surface area (Å²) in [4.78, 5) is 12.3. The molecule has 1 amide bonds. The summed E-state index contributed by atoms with van der Waals surface area (Å²) in [7, 11) is -0.447. The molecule has 0 saturated carbocycles. The molecule has 0 bridgehead atoms. The zero-order valence-electron chi connectivity index (χ0n) is 14.6. The largest absolute Gasteiger partial charge is 0.495 e. The Morgan fingerprint density at radius 1 is 1.14 bits per heavy atom. The van der Waals surface area contributed by atoms with Crippen molar-refractivity contribution in [1.29, 1.82) is 0 Å². The van der Waals surface area contributed by atoms with E-state index in [4.69, 9.17) is 9.31 Å². The number of amides is 1. The smallest absolute Gasteiger partial charge is 0.399 e. The third kappa shape index (κ3) is 3.06. The minimum atomic E-state index is -0.447. The summed E-state index contributed by atoms with van der Waals surface area (Å²) < 4.78 is 12.2. The standard InChI is InChI=1S/C17H26BNO3/c1-11(2)19-15(20)13-9-8-10-14(12(13)3)18-21-16(4,5)17(6,7)22-18/h8-11H,1-7H3,(H,19,20). The lowest BCUT2D eigenvalue weighted by Crippen LogP contribution is -2.41. The van der Waals surface area contributed by atoms with Crippen LogP contribution in [0.2, 0.25) is 0 Å². The Morgan fingerprint density at radius 3 is 2.18 bits per heavy atom. The summed E-state index contributed by atoms with van der Waals surface area (Å²) in [6.07, 6.45) is 0. The fraction of sp³-hybridized carbons (Fsp3) is 0.588. The van der Waals surface area contributed by atoms with E-state index in [0.29, 0.717) is 5.56 Å². The number of carbonyl (C=O) groups is 1. The van der Waals surface area contributed by atoms with Gasteiger partial charge in [0, 0.05) is 11.6 Å². The molecule has 1 aromatic rings. The van der Waals surface area contributed by atoms with Crippen molar-refractivity contribution < 1.29 is 14.1 Å². The van der Waals surface area contributed by atoms with Crippen LogP contribution in [-0.2, 0) is 9.31 Å². The maximum absolute atomic E-state index is 12.3. The second-order valence-corrected chi connectivity index (χ2v) is 7.24. The molecular weight excluding hydrogens is 277 g/mol. The molecule has 0 atom stereocenters. The Morgan fingerprint density at radius 2 is 1.68 bits per heavy atom. The quantitative estimate of drug-likeness (QED) is 0.873. The van der Waals surface area contributed by atoms with E-state index in [1.807, 2.05) is 66.7 Å². The van der Waals surface area contributed by atoms with Gasteiger partial charge in [-0.25, -0.2) is 0 Å². The van der Waals surface area contributed by atoms with Crippen molar-refractivity contribution in [3.63, 3.8) is 0 Å². The maximum Gasteiger partial charge on any atom is 0.495 e. The van der Waals surface area contributed by atoms with Crippen LogP contribution in [0.25, 0.3) is 0 Å². The second-order valence-electron chi connectivity index (χ2n) is 7.24. The highest BCUT2D eigenvalue weighted by Crippen LogP contribution is 2.36. The molecule has 22 heavy (non-hydrogen) atoms. The van der Waals surface area contributed by atoms with Gasteiger partial charge in [-0.1, -0.05) is 12.1 Å². The van der Waals surface area contributed by atoms with Crippen molar-refractivity contribution in [3.8, 4) is 0 Å². The molecule has 4 nitrogen and oxygen atoms in total. The van der Waals surface area contributed by atoms with E-state index in [0.717, 1.165) is 11.0 Å². The predicted molar refractivity (Wildman–Crippen MR) is 89.5 cm³/mol. The number of carbonyl (C=O) groups excluding carboxylic acids is 1. The highest BCUT2D eigenvalue weighted by atomic mass is 16.7. The maximum atomic E-state index is 12.3. The van der Waals surface area contributed by atoms with Gasteiger partial charge in [-0.3, -0.25) is 4.79 Å². The molecule has 120 valence electrons. The molecule has 0 aliphatic carbocycles. The normalized spacial score (nSPS) is 19.5. The Hall–Kier alpha value is -1.33. The minimum Gasteiger partial charge on any atom is -0.399 e. The first-order valence-electron chi connectivity index (χ1n) is 7.81. The zero-order valence-corrected chi connectivity index (χ0v) is 14.6. The summed E-state index contributed by atoms with van der Waals surface area (Å²) in [5.41, 5.74) is 1.70. The van der Waals surface area contributed by atoms with Crippen LogP contribution in [-0.4, -0.2) is 30.3 Å². The molecule has 1 saturated heterocycles. The lowest BCUT2D eigenvalue weighted by Gasteiger charge is -2.32. The van der Waals surface area contributed by atoms with Crippen molar-refractivity contribution in [1.82, 2.24) is 5.32 Å². The third-order valence-electron chi connectivity index (χ3n) is 4.55. The van der Waals surface area contributed by atoms with Gasteiger partial charge < -0.3 is 14.6 Å². The van der Waals surface area contributed by atoms with Crippen LogP contribution < -0.4 is 10.8 Å². The highest BCUT2D eigenvalue weighted by molar-refractivity contribution is 6.62. The molecule has 1 aromatic carbocycles. The van der Waals surface area contributed by atoms with Crippen LogP contribution in [0.3, 0.4) is 0 Å². The zero-order chi connectivity index (χ0) is 16.7. The monoisotopic (exact) mass is 303 g/mol. The molecule has 5 heteroatoms. The van der Waals surface area contributed by atoms with Gasteiger partial charge in [0.05, 0.1) is 11.2 Å². The molecule has 1 aliphatic heterocycles.